The van der Waals surface area contributed by atoms with Crippen LogP contribution in [0.25, 0.3) is 0 Å². The van der Waals surface area contributed by atoms with Crippen LogP contribution in [0.5, 0.6) is 5.88 Å². The van der Waals surface area contributed by atoms with E-state index in [0.29, 0.717) is 18.7 Å². The topological polar surface area (TPSA) is 106 Å². The second-order valence-corrected chi connectivity index (χ2v) is 4.02. The maximum absolute atomic E-state index is 11.2. The summed E-state index contributed by atoms with van der Waals surface area (Å²) in [6.45, 7) is 0.946. The molecule has 2 atom stereocenters. The monoisotopic (exact) mass is 251 g/mol. The standard InChI is InChI=1S/C11H13N3O4/c1-18-11(17)7-3-2-6(10(16)13-7)4-14-5-8(14)9(12)15/h2-3,8H,4-5H2,1H3,(H2,12,15)(H,13,16). The van der Waals surface area contributed by atoms with E-state index in [2.05, 4.69) is 9.72 Å². The molecule has 0 aromatic carbocycles. The summed E-state index contributed by atoms with van der Waals surface area (Å²) in [5, 5.41) is 9.68. The summed E-state index contributed by atoms with van der Waals surface area (Å²) in [6, 6.07) is 2.76. The molecule has 1 saturated heterocycles. The number of hydrogen-bond donors (Lipinski definition) is 2. The number of aromatic hydroxyl groups is 1. The number of aromatic nitrogens is 1. The second kappa shape index (κ2) is 4.61. The lowest BCUT2D eigenvalue weighted by atomic mass is 10.2. The highest BCUT2D eigenvalue weighted by molar-refractivity contribution is 5.87. The fraction of sp³-hybridized carbons (Fsp3) is 0.364. The second-order valence-electron chi connectivity index (χ2n) is 4.02. The van der Waals surface area contributed by atoms with Crippen LogP contribution >= 0.6 is 0 Å². The van der Waals surface area contributed by atoms with Crippen molar-refractivity contribution in [1.82, 2.24) is 9.88 Å². The number of carbonyl (C=O) groups is 2. The fourth-order valence-corrected chi connectivity index (χ4v) is 1.66. The largest absolute Gasteiger partial charge is 0.493 e. The van der Waals surface area contributed by atoms with E-state index < -0.39 is 5.97 Å². The minimum absolute atomic E-state index is 0.0380. The van der Waals surface area contributed by atoms with Crippen LogP contribution in [-0.4, -0.2) is 46.6 Å². The van der Waals surface area contributed by atoms with E-state index in [4.69, 9.17) is 5.73 Å². The van der Waals surface area contributed by atoms with E-state index in [1.165, 1.54) is 13.2 Å². The van der Waals surface area contributed by atoms with Crippen LogP contribution in [0, 0.1) is 0 Å². The molecule has 7 heteroatoms. The molecule has 1 aromatic heterocycles. The van der Waals surface area contributed by atoms with Crippen LogP contribution < -0.4 is 5.73 Å². The molecule has 0 aliphatic carbocycles. The zero-order chi connectivity index (χ0) is 13.3. The van der Waals surface area contributed by atoms with Crippen LogP contribution in [0.15, 0.2) is 12.1 Å². The third-order valence-electron chi connectivity index (χ3n) is 2.77. The number of pyridine rings is 1. The lowest BCUT2D eigenvalue weighted by molar-refractivity contribution is -0.118. The summed E-state index contributed by atoms with van der Waals surface area (Å²) in [5.41, 5.74) is 5.71. The summed E-state index contributed by atoms with van der Waals surface area (Å²) >= 11 is 0. The minimum atomic E-state index is -0.612. The van der Waals surface area contributed by atoms with Gasteiger partial charge in [0.15, 0.2) is 5.69 Å². The van der Waals surface area contributed by atoms with E-state index >= 15 is 0 Å². The smallest absolute Gasteiger partial charge is 0.356 e. The van der Waals surface area contributed by atoms with Gasteiger partial charge >= 0.3 is 5.97 Å². The van der Waals surface area contributed by atoms with E-state index in [1.807, 2.05) is 0 Å². The van der Waals surface area contributed by atoms with Gasteiger partial charge in [0.05, 0.1) is 7.11 Å². The number of esters is 1. The van der Waals surface area contributed by atoms with Crippen molar-refractivity contribution in [2.45, 2.75) is 12.6 Å². The molecule has 1 aromatic rings. The summed E-state index contributed by atoms with van der Waals surface area (Å²) in [7, 11) is 1.24. The van der Waals surface area contributed by atoms with Crippen LogP contribution in [0.1, 0.15) is 16.1 Å². The Balaban J connectivity index is 2.07. The third kappa shape index (κ3) is 2.40. The number of carbonyl (C=O) groups excluding carboxylic acids is 2. The molecule has 3 N–H and O–H groups in total. The van der Waals surface area contributed by atoms with Gasteiger partial charge in [-0.3, -0.25) is 9.69 Å². The number of ether oxygens (including phenoxy) is 1. The van der Waals surface area contributed by atoms with Crippen LogP contribution in [-0.2, 0) is 16.1 Å². The van der Waals surface area contributed by atoms with Gasteiger partial charge in [0.1, 0.15) is 6.04 Å². The van der Waals surface area contributed by atoms with Crippen LogP contribution in [0.3, 0.4) is 0 Å². The molecule has 1 aliphatic heterocycles. The van der Waals surface area contributed by atoms with Gasteiger partial charge in [-0.25, -0.2) is 9.78 Å². The summed E-state index contributed by atoms with van der Waals surface area (Å²) in [6.07, 6.45) is 0. The number of amides is 1. The van der Waals surface area contributed by atoms with Crippen molar-refractivity contribution in [2.24, 2.45) is 5.73 Å². The molecule has 96 valence electrons. The van der Waals surface area contributed by atoms with Crippen molar-refractivity contribution < 1.29 is 19.4 Å². The molecule has 1 amide bonds. The van der Waals surface area contributed by atoms with Crippen LogP contribution in [0.2, 0.25) is 0 Å². The first-order chi connectivity index (χ1) is 8.52. The van der Waals surface area contributed by atoms with Crippen molar-refractivity contribution in [3.8, 4) is 5.88 Å². The van der Waals surface area contributed by atoms with Crippen molar-refractivity contribution in [3.63, 3.8) is 0 Å². The van der Waals surface area contributed by atoms with Gasteiger partial charge < -0.3 is 15.6 Å². The molecular weight excluding hydrogens is 238 g/mol. The van der Waals surface area contributed by atoms with Gasteiger partial charge in [-0.05, 0) is 12.1 Å². The van der Waals surface area contributed by atoms with E-state index in [-0.39, 0.29) is 23.5 Å². The van der Waals surface area contributed by atoms with Gasteiger partial charge in [0.25, 0.3) is 0 Å². The molecular formula is C11H13N3O4. The fourth-order valence-electron chi connectivity index (χ4n) is 1.66. The highest BCUT2D eigenvalue weighted by atomic mass is 16.5. The van der Waals surface area contributed by atoms with Crippen LogP contribution in [0.4, 0.5) is 0 Å². The Morgan fingerprint density at radius 1 is 1.61 bits per heavy atom. The number of methoxy groups -OCH3 is 1. The van der Waals surface area contributed by atoms with Gasteiger partial charge in [-0.1, -0.05) is 0 Å². The average molecular weight is 251 g/mol. The van der Waals surface area contributed by atoms with E-state index in [9.17, 15) is 14.7 Å². The zero-order valence-corrected chi connectivity index (χ0v) is 9.79. The number of nitrogens with zero attached hydrogens (tertiary/aromatic N) is 2. The molecule has 0 spiro atoms. The number of hydrogen-bond acceptors (Lipinski definition) is 6. The van der Waals surface area contributed by atoms with E-state index in [1.54, 1.807) is 11.0 Å². The highest BCUT2D eigenvalue weighted by Gasteiger charge is 2.39. The maximum atomic E-state index is 11.2. The van der Waals surface area contributed by atoms with Gasteiger partial charge in [-0.15, -0.1) is 0 Å². The Hall–Kier alpha value is -2.15. The van der Waals surface area contributed by atoms with Crippen molar-refractivity contribution >= 4 is 11.9 Å². The quantitative estimate of drug-likeness (QED) is 0.538. The lowest BCUT2D eigenvalue weighted by Gasteiger charge is -2.06. The summed E-state index contributed by atoms with van der Waals surface area (Å²) in [5.74, 6) is -1.24. The average Bonchev–Trinajstić information content (AvgIpc) is 3.10. The summed E-state index contributed by atoms with van der Waals surface area (Å²) < 4.78 is 4.49. The molecule has 0 radical (unpaired) electrons. The predicted octanol–water partition coefficient (Wildman–Crippen LogP) is -0.757. The third-order valence-corrected chi connectivity index (χ3v) is 2.77. The van der Waals surface area contributed by atoms with Crippen molar-refractivity contribution in [3.05, 3.63) is 23.4 Å². The van der Waals surface area contributed by atoms with Crippen molar-refractivity contribution in [1.29, 1.82) is 0 Å². The maximum Gasteiger partial charge on any atom is 0.356 e. The van der Waals surface area contributed by atoms with Gasteiger partial charge in [0, 0.05) is 18.7 Å². The SMILES string of the molecule is COC(=O)c1ccc(CN2CC2C(N)=O)c(O)n1. The molecule has 2 heterocycles. The van der Waals surface area contributed by atoms with Gasteiger partial charge in [0.2, 0.25) is 11.8 Å². The van der Waals surface area contributed by atoms with Gasteiger partial charge in [-0.2, -0.15) is 0 Å². The Morgan fingerprint density at radius 3 is 2.83 bits per heavy atom. The molecule has 2 rings (SSSR count). The summed E-state index contributed by atoms with van der Waals surface area (Å²) in [4.78, 5) is 27.6. The Labute approximate surface area is 103 Å². The molecule has 2 unspecified atom stereocenters. The molecule has 18 heavy (non-hydrogen) atoms. The molecule has 0 bridgehead atoms. The first-order valence-electron chi connectivity index (χ1n) is 5.33. The Bertz CT molecular complexity index is 503. The number of primary amides is 1. The first-order valence-corrected chi connectivity index (χ1v) is 5.33. The first kappa shape index (κ1) is 12.3. The number of rotatable bonds is 4. The molecule has 1 fully saturated rings. The molecule has 1 aliphatic rings. The predicted molar refractivity (Wildman–Crippen MR) is 60.6 cm³/mol. The molecule has 7 nitrogen and oxygen atoms in total. The minimum Gasteiger partial charge on any atom is -0.493 e. The zero-order valence-electron chi connectivity index (χ0n) is 9.79. The lowest BCUT2D eigenvalue weighted by Crippen LogP contribution is -2.21. The Kier molecular flexibility index (Phi) is 3.15. The highest BCUT2D eigenvalue weighted by Crippen LogP contribution is 2.24. The normalized spacial score (nSPS) is 21.4. The van der Waals surface area contributed by atoms with E-state index in [0.717, 1.165) is 0 Å². The number of nitrogens with two attached hydrogens (primary N) is 1. The molecule has 0 saturated carbocycles. The Morgan fingerprint density at radius 2 is 2.33 bits per heavy atom. The van der Waals surface area contributed by atoms with Crippen molar-refractivity contribution in [2.75, 3.05) is 13.7 Å².